The van der Waals surface area contributed by atoms with E-state index in [1.165, 1.54) is 55.6 Å². The van der Waals surface area contributed by atoms with Crippen LogP contribution in [0.2, 0.25) is 0 Å². The van der Waals surface area contributed by atoms with Crippen molar-refractivity contribution >= 4 is 6.29 Å². The van der Waals surface area contributed by atoms with Crippen LogP contribution in [0.15, 0.2) is 109 Å². The summed E-state index contributed by atoms with van der Waals surface area (Å²) < 4.78 is 0. The van der Waals surface area contributed by atoms with Crippen molar-refractivity contribution < 1.29 is 4.79 Å². The summed E-state index contributed by atoms with van der Waals surface area (Å²) in [5.41, 5.74) is 14.6. The summed E-state index contributed by atoms with van der Waals surface area (Å²) in [6, 6.07) is 39.4. The van der Waals surface area contributed by atoms with Crippen LogP contribution in [0.3, 0.4) is 0 Å². The molecule has 0 atom stereocenters. The summed E-state index contributed by atoms with van der Waals surface area (Å²) in [7, 11) is 0. The lowest BCUT2D eigenvalue weighted by Crippen LogP contribution is -2.26. The van der Waals surface area contributed by atoms with Crippen LogP contribution in [0.1, 0.15) is 38.2 Å². The van der Waals surface area contributed by atoms with Crippen LogP contribution >= 0.6 is 0 Å². The van der Waals surface area contributed by atoms with Crippen molar-refractivity contribution in [2.24, 2.45) is 0 Å². The molecule has 0 heterocycles. The van der Waals surface area contributed by atoms with E-state index in [0.717, 1.165) is 11.8 Å². The zero-order chi connectivity index (χ0) is 22.9. The second-order valence-electron chi connectivity index (χ2n) is 9.39. The Labute approximate surface area is 199 Å². The number of hydrogen-bond acceptors (Lipinski definition) is 1. The van der Waals surface area contributed by atoms with Gasteiger partial charge in [0.2, 0.25) is 0 Å². The van der Waals surface area contributed by atoms with Crippen LogP contribution in [-0.2, 0) is 5.41 Å². The maximum atomic E-state index is 11.2. The highest BCUT2D eigenvalue weighted by molar-refractivity contribution is 5.96. The Hall–Kier alpha value is -4.23. The zero-order valence-electron chi connectivity index (χ0n) is 18.9. The molecular weight excluding hydrogens is 412 g/mol. The molecule has 0 bridgehead atoms. The molecule has 7 rings (SSSR count). The predicted molar refractivity (Wildman–Crippen MR) is 138 cm³/mol. The molecule has 5 aromatic rings. The van der Waals surface area contributed by atoms with Gasteiger partial charge in [0.1, 0.15) is 6.29 Å². The van der Waals surface area contributed by atoms with Gasteiger partial charge in [-0.1, -0.05) is 109 Å². The summed E-state index contributed by atoms with van der Waals surface area (Å²) in [6.07, 6.45) is 0.896. The van der Waals surface area contributed by atoms with E-state index in [4.69, 9.17) is 0 Å². The van der Waals surface area contributed by atoms with Crippen LogP contribution < -0.4 is 0 Å². The molecule has 0 aromatic heterocycles. The van der Waals surface area contributed by atoms with E-state index >= 15 is 0 Å². The topological polar surface area (TPSA) is 17.1 Å². The second kappa shape index (κ2) is 6.88. The smallest absolute Gasteiger partial charge is 0.150 e. The Morgan fingerprint density at radius 1 is 0.529 bits per heavy atom. The number of hydrogen-bond donors (Lipinski definition) is 0. The van der Waals surface area contributed by atoms with E-state index in [2.05, 4.69) is 91.9 Å². The van der Waals surface area contributed by atoms with Crippen molar-refractivity contribution in [3.63, 3.8) is 0 Å². The highest BCUT2D eigenvalue weighted by Gasteiger charge is 2.51. The minimum Gasteiger partial charge on any atom is -0.298 e. The van der Waals surface area contributed by atoms with Gasteiger partial charge < -0.3 is 0 Å². The normalized spacial score (nSPS) is 13.8. The lowest BCUT2D eigenvalue weighted by atomic mass is 9.70. The van der Waals surface area contributed by atoms with Crippen molar-refractivity contribution in [1.82, 2.24) is 0 Å². The molecule has 5 aromatic carbocycles. The van der Waals surface area contributed by atoms with Gasteiger partial charge >= 0.3 is 0 Å². The van der Waals surface area contributed by atoms with Gasteiger partial charge in [-0.25, -0.2) is 0 Å². The van der Waals surface area contributed by atoms with Gasteiger partial charge in [-0.2, -0.15) is 0 Å². The van der Waals surface area contributed by atoms with E-state index in [1.54, 1.807) is 0 Å². The van der Waals surface area contributed by atoms with Crippen molar-refractivity contribution in [3.05, 3.63) is 143 Å². The maximum Gasteiger partial charge on any atom is 0.150 e. The van der Waals surface area contributed by atoms with Gasteiger partial charge in [-0.05, 0) is 68.6 Å². The summed E-state index contributed by atoms with van der Waals surface area (Å²) in [6.45, 7) is 2.18. The summed E-state index contributed by atoms with van der Waals surface area (Å²) in [5, 5.41) is 0. The minimum atomic E-state index is -0.331. The van der Waals surface area contributed by atoms with E-state index in [1.807, 2.05) is 24.3 Å². The molecule has 0 N–H and O–H groups in total. The van der Waals surface area contributed by atoms with Crippen LogP contribution in [0.5, 0.6) is 0 Å². The zero-order valence-corrected chi connectivity index (χ0v) is 18.9. The molecule has 1 heteroatoms. The highest BCUT2D eigenvalue weighted by Crippen LogP contribution is 2.63. The average molecular weight is 435 g/mol. The largest absolute Gasteiger partial charge is 0.298 e. The number of fused-ring (bicyclic) bond motifs is 10. The Bertz CT molecular complexity index is 1580. The van der Waals surface area contributed by atoms with Crippen molar-refractivity contribution in [3.8, 4) is 33.4 Å². The SMILES string of the molecule is Cc1ccc2c(c1)C1(c3ccccc3-c3ccccc31)c1cc(-c3ccc(C=O)cc3)ccc1-2. The molecule has 0 saturated carbocycles. The fraction of sp³-hybridized carbons (Fsp3) is 0.0606. The molecular formula is C33H22O. The molecule has 0 aliphatic heterocycles. The fourth-order valence-electron chi connectivity index (χ4n) is 6.19. The van der Waals surface area contributed by atoms with E-state index in [9.17, 15) is 4.79 Å². The number of aldehydes is 1. The lowest BCUT2D eigenvalue weighted by molar-refractivity contribution is 0.112. The van der Waals surface area contributed by atoms with Gasteiger partial charge in [0.05, 0.1) is 5.41 Å². The molecule has 0 unspecified atom stereocenters. The van der Waals surface area contributed by atoms with Crippen molar-refractivity contribution in [2.75, 3.05) is 0 Å². The lowest BCUT2D eigenvalue weighted by Gasteiger charge is -2.31. The van der Waals surface area contributed by atoms with Crippen LogP contribution in [-0.4, -0.2) is 6.29 Å². The number of benzene rings is 5. The average Bonchev–Trinajstić information content (AvgIpc) is 3.35. The molecule has 1 nitrogen and oxygen atoms in total. The molecule has 160 valence electrons. The van der Waals surface area contributed by atoms with E-state index in [0.29, 0.717) is 5.56 Å². The first-order valence-corrected chi connectivity index (χ1v) is 11.7. The summed E-state index contributed by atoms with van der Waals surface area (Å²) >= 11 is 0. The maximum absolute atomic E-state index is 11.2. The van der Waals surface area contributed by atoms with E-state index in [-0.39, 0.29) is 5.41 Å². The van der Waals surface area contributed by atoms with Gasteiger partial charge in [0.25, 0.3) is 0 Å². The first-order valence-electron chi connectivity index (χ1n) is 11.7. The number of rotatable bonds is 2. The predicted octanol–water partition coefficient (Wildman–Crippen LogP) is 7.82. The molecule has 0 saturated heterocycles. The first-order chi connectivity index (χ1) is 16.7. The Morgan fingerprint density at radius 2 is 1.06 bits per heavy atom. The summed E-state index contributed by atoms with van der Waals surface area (Å²) in [4.78, 5) is 11.2. The van der Waals surface area contributed by atoms with Gasteiger partial charge in [0, 0.05) is 5.56 Å². The molecule has 0 amide bonds. The third-order valence-corrected chi connectivity index (χ3v) is 7.63. The van der Waals surface area contributed by atoms with Crippen LogP contribution in [0.4, 0.5) is 0 Å². The van der Waals surface area contributed by atoms with E-state index < -0.39 is 0 Å². The third-order valence-electron chi connectivity index (χ3n) is 7.63. The van der Waals surface area contributed by atoms with Crippen molar-refractivity contribution in [1.29, 1.82) is 0 Å². The monoisotopic (exact) mass is 434 g/mol. The molecule has 2 aliphatic carbocycles. The minimum absolute atomic E-state index is 0.331. The third kappa shape index (κ3) is 2.36. The quantitative estimate of drug-likeness (QED) is 0.254. The number of carbonyl (C=O) groups excluding carboxylic acids is 1. The second-order valence-corrected chi connectivity index (χ2v) is 9.39. The van der Waals surface area contributed by atoms with Crippen LogP contribution in [0, 0.1) is 6.92 Å². The molecule has 2 aliphatic rings. The molecule has 1 spiro atoms. The number of aryl methyl sites for hydroxylation is 1. The standard InChI is InChI=1S/C33H22O/c1-21-10-16-27-28-17-15-24(23-13-11-22(20-34)12-14-23)19-32(28)33(31(27)18-21)29-8-4-2-6-25(29)26-7-3-5-9-30(26)33/h2-20H,1H3. The molecule has 0 radical (unpaired) electrons. The van der Waals surface area contributed by atoms with Crippen LogP contribution in [0.25, 0.3) is 33.4 Å². The number of carbonyl (C=O) groups is 1. The molecule has 34 heavy (non-hydrogen) atoms. The van der Waals surface area contributed by atoms with Gasteiger partial charge in [-0.15, -0.1) is 0 Å². The first kappa shape index (κ1) is 19.3. The van der Waals surface area contributed by atoms with Crippen molar-refractivity contribution in [2.45, 2.75) is 12.3 Å². The highest BCUT2D eigenvalue weighted by atomic mass is 16.1. The Kier molecular flexibility index (Phi) is 3.90. The Balaban J connectivity index is 1.59. The fourth-order valence-corrected chi connectivity index (χ4v) is 6.19. The van der Waals surface area contributed by atoms with Gasteiger partial charge in [-0.3, -0.25) is 4.79 Å². The van der Waals surface area contributed by atoms with Gasteiger partial charge in [0.15, 0.2) is 0 Å². The molecule has 0 fully saturated rings. The summed E-state index contributed by atoms with van der Waals surface area (Å²) in [5.74, 6) is 0. The Morgan fingerprint density at radius 3 is 1.71 bits per heavy atom.